The summed E-state index contributed by atoms with van der Waals surface area (Å²) in [4.78, 5) is 38.1. The number of benzene rings is 4. The molecule has 37 heavy (non-hydrogen) atoms. The Morgan fingerprint density at radius 2 is 1.51 bits per heavy atom. The average molecular weight is 531 g/mol. The molecule has 0 aliphatic carbocycles. The van der Waals surface area contributed by atoms with Crippen LogP contribution in [0.3, 0.4) is 0 Å². The smallest absolute Gasteiger partial charge is 0.335 e. The molecule has 1 atom stereocenters. The zero-order valence-electron chi connectivity index (χ0n) is 19.8. The number of hydrogen-bond acceptors (Lipinski definition) is 4. The topological polar surface area (TPSA) is 95.5 Å². The lowest BCUT2D eigenvalue weighted by molar-refractivity contribution is -0.115. The van der Waals surface area contributed by atoms with Crippen LogP contribution in [0, 0.1) is 6.92 Å². The minimum Gasteiger partial charge on any atom is -0.478 e. The first-order valence-corrected chi connectivity index (χ1v) is 12.6. The van der Waals surface area contributed by atoms with Gasteiger partial charge in [0.15, 0.2) is 0 Å². The van der Waals surface area contributed by atoms with Gasteiger partial charge in [-0.15, -0.1) is 11.8 Å². The molecule has 3 N–H and O–H groups in total. The van der Waals surface area contributed by atoms with Crippen molar-refractivity contribution >= 4 is 52.5 Å². The average Bonchev–Trinajstić information content (AvgIpc) is 2.90. The number of carboxylic acid groups (broad SMARTS) is 1. The van der Waals surface area contributed by atoms with Crippen molar-refractivity contribution in [3.05, 3.63) is 124 Å². The molecule has 186 valence electrons. The molecule has 0 aromatic heterocycles. The van der Waals surface area contributed by atoms with Gasteiger partial charge in [-0.25, -0.2) is 4.79 Å². The number of carbonyl (C=O) groups excluding carboxylic acids is 2. The maximum Gasteiger partial charge on any atom is 0.335 e. The lowest BCUT2D eigenvalue weighted by Crippen LogP contribution is -2.19. The third-order valence-electron chi connectivity index (χ3n) is 5.57. The van der Waals surface area contributed by atoms with E-state index < -0.39 is 11.2 Å². The number of nitrogens with one attached hydrogen (secondary N) is 2. The predicted molar refractivity (Wildman–Crippen MR) is 148 cm³/mol. The largest absolute Gasteiger partial charge is 0.478 e. The van der Waals surface area contributed by atoms with Gasteiger partial charge in [0.2, 0.25) is 5.91 Å². The Kier molecular flexibility index (Phi) is 8.28. The molecule has 0 fully saturated rings. The van der Waals surface area contributed by atoms with Crippen LogP contribution in [0.1, 0.15) is 37.1 Å². The normalized spacial score (nSPS) is 11.4. The Hall–Kier alpha value is -4.07. The Morgan fingerprint density at radius 1 is 0.838 bits per heavy atom. The molecular weight excluding hydrogens is 508 g/mol. The number of amides is 2. The van der Waals surface area contributed by atoms with E-state index in [0.29, 0.717) is 11.3 Å². The summed E-state index contributed by atoms with van der Waals surface area (Å²) in [7, 11) is 0. The van der Waals surface area contributed by atoms with Crippen LogP contribution in [0.25, 0.3) is 0 Å². The molecule has 0 saturated carbocycles. The van der Waals surface area contributed by atoms with Crippen LogP contribution in [-0.2, 0) is 4.79 Å². The molecule has 4 aromatic carbocycles. The lowest BCUT2D eigenvalue weighted by Gasteiger charge is -2.18. The molecule has 6 nitrogen and oxygen atoms in total. The number of thioether (sulfide) groups is 1. The van der Waals surface area contributed by atoms with Gasteiger partial charge in [0.25, 0.3) is 5.91 Å². The highest BCUT2D eigenvalue weighted by molar-refractivity contribution is 8.00. The molecule has 8 heteroatoms. The van der Waals surface area contributed by atoms with Crippen molar-refractivity contribution in [2.75, 3.05) is 10.6 Å². The number of aromatic carboxylic acids is 1. The highest BCUT2D eigenvalue weighted by Gasteiger charge is 2.23. The Morgan fingerprint density at radius 3 is 2.19 bits per heavy atom. The highest BCUT2D eigenvalue weighted by Crippen LogP contribution is 2.37. The van der Waals surface area contributed by atoms with Gasteiger partial charge in [-0.1, -0.05) is 60.1 Å². The van der Waals surface area contributed by atoms with Gasteiger partial charge in [-0.2, -0.15) is 0 Å². The fraction of sp³-hybridized carbons (Fsp3) is 0.0690. The van der Waals surface area contributed by atoms with E-state index in [1.165, 1.54) is 30.0 Å². The van der Waals surface area contributed by atoms with Crippen LogP contribution >= 0.6 is 23.4 Å². The summed E-state index contributed by atoms with van der Waals surface area (Å²) in [6, 6.07) is 28.0. The quantitative estimate of drug-likeness (QED) is 0.212. The van der Waals surface area contributed by atoms with E-state index >= 15 is 0 Å². The van der Waals surface area contributed by atoms with Gasteiger partial charge >= 0.3 is 5.97 Å². The van der Waals surface area contributed by atoms with E-state index in [1.54, 1.807) is 18.2 Å². The van der Waals surface area contributed by atoms with Crippen LogP contribution in [0.15, 0.2) is 102 Å². The van der Waals surface area contributed by atoms with E-state index in [4.69, 9.17) is 11.6 Å². The van der Waals surface area contributed by atoms with Crippen molar-refractivity contribution in [3.63, 3.8) is 0 Å². The van der Waals surface area contributed by atoms with Gasteiger partial charge in [0.1, 0.15) is 5.25 Å². The standard InChI is InChI=1S/C29H23ClN2O4S/c1-18-7-5-6-10-23(18)27(33)31-21-12-14-22(15-13-21)37-26(19-8-3-2-4-9-19)28(34)32-25-17-20(29(35)36)11-16-24(25)30/h2-17,26H,1H3,(H,31,33)(H,32,34)(H,35,36). The monoisotopic (exact) mass is 530 g/mol. The molecule has 0 radical (unpaired) electrons. The van der Waals surface area contributed by atoms with E-state index in [0.717, 1.165) is 16.0 Å². The summed E-state index contributed by atoms with van der Waals surface area (Å²) in [5, 5.41) is 14.6. The second-order valence-electron chi connectivity index (χ2n) is 8.19. The second-order valence-corrected chi connectivity index (χ2v) is 9.78. The number of rotatable bonds is 8. The first-order valence-electron chi connectivity index (χ1n) is 11.3. The predicted octanol–water partition coefficient (Wildman–Crippen LogP) is 7.07. The fourth-order valence-electron chi connectivity index (χ4n) is 3.63. The number of hydrogen-bond donors (Lipinski definition) is 3. The zero-order valence-corrected chi connectivity index (χ0v) is 21.3. The summed E-state index contributed by atoms with van der Waals surface area (Å²) in [5.41, 5.74) is 3.14. The summed E-state index contributed by atoms with van der Waals surface area (Å²) in [6.45, 7) is 1.88. The van der Waals surface area contributed by atoms with Crippen molar-refractivity contribution in [2.24, 2.45) is 0 Å². The first kappa shape index (κ1) is 26.0. The molecule has 0 saturated heterocycles. The summed E-state index contributed by atoms with van der Waals surface area (Å²) in [6.07, 6.45) is 0. The van der Waals surface area contributed by atoms with Crippen LogP contribution in [0.2, 0.25) is 5.02 Å². The van der Waals surface area contributed by atoms with Gasteiger partial charge in [0, 0.05) is 16.1 Å². The molecule has 1 unspecified atom stereocenters. The Balaban J connectivity index is 1.52. The number of halogens is 1. The molecule has 4 aromatic rings. The van der Waals surface area contributed by atoms with Gasteiger partial charge in [-0.05, 0) is 66.6 Å². The summed E-state index contributed by atoms with van der Waals surface area (Å²) in [5.74, 6) is -1.66. The van der Waals surface area contributed by atoms with E-state index in [-0.39, 0.29) is 28.1 Å². The SMILES string of the molecule is Cc1ccccc1C(=O)Nc1ccc(SC(C(=O)Nc2cc(C(=O)O)ccc2Cl)c2ccccc2)cc1. The van der Waals surface area contributed by atoms with E-state index in [9.17, 15) is 19.5 Å². The van der Waals surface area contributed by atoms with Crippen LogP contribution in [0.4, 0.5) is 11.4 Å². The Bertz CT molecular complexity index is 1440. The van der Waals surface area contributed by atoms with Gasteiger partial charge < -0.3 is 15.7 Å². The van der Waals surface area contributed by atoms with Crippen molar-refractivity contribution < 1.29 is 19.5 Å². The molecule has 0 heterocycles. The molecule has 0 bridgehead atoms. The number of carboxylic acids is 1. The fourth-order valence-corrected chi connectivity index (χ4v) is 4.82. The Labute approximate surface area is 223 Å². The molecule has 4 rings (SSSR count). The van der Waals surface area contributed by atoms with Crippen LogP contribution in [-0.4, -0.2) is 22.9 Å². The van der Waals surface area contributed by atoms with Gasteiger partial charge in [-0.3, -0.25) is 9.59 Å². The van der Waals surface area contributed by atoms with E-state index in [1.807, 2.05) is 67.6 Å². The third-order valence-corrected chi connectivity index (χ3v) is 7.16. The van der Waals surface area contributed by atoms with Crippen LogP contribution < -0.4 is 10.6 Å². The summed E-state index contributed by atoms with van der Waals surface area (Å²) < 4.78 is 0. The second kappa shape index (κ2) is 11.8. The lowest BCUT2D eigenvalue weighted by atomic mass is 10.1. The first-order chi connectivity index (χ1) is 17.8. The highest BCUT2D eigenvalue weighted by atomic mass is 35.5. The molecule has 0 aliphatic rings. The molecule has 0 spiro atoms. The zero-order chi connectivity index (χ0) is 26.4. The molecule has 2 amide bonds. The summed E-state index contributed by atoms with van der Waals surface area (Å²) >= 11 is 7.55. The third kappa shape index (κ3) is 6.58. The van der Waals surface area contributed by atoms with Crippen molar-refractivity contribution in [1.82, 2.24) is 0 Å². The maximum absolute atomic E-state index is 13.4. The molecule has 0 aliphatic heterocycles. The number of anilines is 2. The number of aryl methyl sites for hydroxylation is 1. The minimum atomic E-state index is -1.12. The van der Waals surface area contributed by atoms with Crippen molar-refractivity contribution in [1.29, 1.82) is 0 Å². The molecular formula is C29H23ClN2O4S. The van der Waals surface area contributed by atoms with Gasteiger partial charge in [0.05, 0.1) is 16.3 Å². The van der Waals surface area contributed by atoms with Crippen molar-refractivity contribution in [3.8, 4) is 0 Å². The van der Waals surface area contributed by atoms with Crippen LogP contribution in [0.5, 0.6) is 0 Å². The van der Waals surface area contributed by atoms with Crippen molar-refractivity contribution in [2.45, 2.75) is 17.1 Å². The minimum absolute atomic E-state index is 0.0203. The maximum atomic E-state index is 13.4. The number of carbonyl (C=O) groups is 3. The van der Waals surface area contributed by atoms with E-state index in [2.05, 4.69) is 10.6 Å².